The van der Waals surface area contributed by atoms with Crippen molar-refractivity contribution in [2.45, 2.75) is 63.7 Å². The molecule has 0 heterocycles. The summed E-state index contributed by atoms with van der Waals surface area (Å²) in [5.41, 5.74) is 13.6. The third-order valence-electron chi connectivity index (χ3n) is 6.83. The van der Waals surface area contributed by atoms with Gasteiger partial charge in [0.1, 0.15) is 0 Å². The standard InChI is InChI=1S/C24H32BNO2/c26-24(7-3-4-12-25(27)28)21-14-18(15-21)9-8-17-10-11-23-20(13-17)16-19-5-1-2-6-22(19)23/h1-2,5-6,10-11,13,18,21,24,27-28H,3-4,7-9,12,14-16,26H2. The molecule has 0 bridgehead atoms. The Hall–Kier alpha value is -1.62. The van der Waals surface area contributed by atoms with Gasteiger partial charge in [0.15, 0.2) is 0 Å². The molecule has 0 aromatic heterocycles. The fraction of sp³-hybridized carbons (Fsp3) is 0.500. The van der Waals surface area contributed by atoms with Crippen LogP contribution in [0.5, 0.6) is 0 Å². The molecule has 148 valence electrons. The van der Waals surface area contributed by atoms with Gasteiger partial charge >= 0.3 is 7.12 Å². The van der Waals surface area contributed by atoms with E-state index >= 15 is 0 Å². The number of aryl methyl sites for hydroxylation is 1. The minimum atomic E-state index is -1.17. The normalized spacial score (nSPS) is 21.0. The number of rotatable bonds is 9. The third kappa shape index (κ3) is 4.51. The van der Waals surface area contributed by atoms with E-state index in [-0.39, 0.29) is 6.04 Å². The minimum Gasteiger partial charge on any atom is -0.427 e. The predicted octanol–water partition coefficient (Wildman–Crippen LogP) is 4.19. The molecule has 4 heteroatoms. The fourth-order valence-electron chi connectivity index (χ4n) is 5.04. The summed E-state index contributed by atoms with van der Waals surface area (Å²) in [6, 6.07) is 16.1. The van der Waals surface area contributed by atoms with E-state index in [1.54, 1.807) is 0 Å². The van der Waals surface area contributed by atoms with Gasteiger partial charge in [-0.15, -0.1) is 0 Å². The molecule has 1 saturated carbocycles. The van der Waals surface area contributed by atoms with Crippen LogP contribution >= 0.6 is 0 Å². The zero-order valence-corrected chi connectivity index (χ0v) is 16.7. The number of unbranched alkanes of at least 4 members (excludes halogenated alkanes) is 1. The number of fused-ring (bicyclic) bond motifs is 3. The average molecular weight is 377 g/mol. The van der Waals surface area contributed by atoms with Crippen molar-refractivity contribution < 1.29 is 10.0 Å². The van der Waals surface area contributed by atoms with Gasteiger partial charge in [-0.05, 0) is 84.5 Å². The molecule has 0 spiro atoms. The largest absolute Gasteiger partial charge is 0.451 e. The van der Waals surface area contributed by atoms with Gasteiger partial charge in [-0.2, -0.15) is 0 Å². The maximum atomic E-state index is 8.89. The quantitative estimate of drug-likeness (QED) is 0.387. The summed E-state index contributed by atoms with van der Waals surface area (Å²) < 4.78 is 0. The molecule has 1 atom stereocenters. The monoisotopic (exact) mass is 377 g/mol. The van der Waals surface area contributed by atoms with Crippen LogP contribution in [0.1, 0.15) is 55.2 Å². The summed E-state index contributed by atoms with van der Waals surface area (Å²) in [6.45, 7) is 0. The molecule has 0 radical (unpaired) electrons. The Bertz CT molecular complexity index is 801. The van der Waals surface area contributed by atoms with Crippen LogP contribution in [-0.2, 0) is 12.8 Å². The lowest BCUT2D eigenvalue weighted by Gasteiger charge is -2.39. The first-order chi connectivity index (χ1) is 13.6. The van der Waals surface area contributed by atoms with Crippen molar-refractivity contribution in [3.05, 3.63) is 59.2 Å². The Morgan fingerprint density at radius 3 is 2.61 bits per heavy atom. The van der Waals surface area contributed by atoms with E-state index < -0.39 is 7.12 Å². The van der Waals surface area contributed by atoms with Crippen LogP contribution in [0.2, 0.25) is 6.32 Å². The first-order valence-corrected chi connectivity index (χ1v) is 10.9. The smallest absolute Gasteiger partial charge is 0.427 e. The van der Waals surface area contributed by atoms with E-state index in [0.29, 0.717) is 12.2 Å². The second-order valence-electron chi connectivity index (χ2n) is 8.89. The van der Waals surface area contributed by atoms with Gasteiger partial charge in [0, 0.05) is 6.04 Å². The van der Waals surface area contributed by atoms with Gasteiger partial charge in [-0.25, -0.2) is 0 Å². The molecular formula is C24H32BNO2. The van der Waals surface area contributed by atoms with Crippen molar-refractivity contribution in [3.63, 3.8) is 0 Å². The molecule has 4 N–H and O–H groups in total. The third-order valence-corrected chi connectivity index (χ3v) is 6.83. The van der Waals surface area contributed by atoms with Crippen LogP contribution in [0.4, 0.5) is 0 Å². The highest BCUT2D eigenvalue weighted by molar-refractivity contribution is 6.40. The molecular weight excluding hydrogens is 345 g/mol. The summed E-state index contributed by atoms with van der Waals surface area (Å²) in [4.78, 5) is 0. The highest BCUT2D eigenvalue weighted by Crippen LogP contribution is 2.40. The number of nitrogens with two attached hydrogens (primary N) is 1. The molecule has 3 nitrogen and oxygen atoms in total. The Labute approximate surface area is 169 Å². The van der Waals surface area contributed by atoms with Crippen molar-refractivity contribution in [1.82, 2.24) is 0 Å². The Morgan fingerprint density at radius 2 is 1.79 bits per heavy atom. The second-order valence-corrected chi connectivity index (χ2v) is 8.89. The highest BCUT2D eigenvalue weighted by Gasteiger charge is 2.32. The molecule has 0 saturated heterocycles. The Kier molecular flexibility index (Phi) is 6.20. The van der Waals surface area contributed by atoms with E-state index in [2.05, 4.69) is 42.5 Å². The van der Waals surface area contributed by atoms with Gasteiger partial charge in [-0.1, -0.05) is 55.3 Å². The zero-order chi connectivity index (χ0) is 19.5. The van der Waals surface area contributed by atoms with E-state index in [4.69, 9.17) is 15.8 Å². The SMILES string of the molecule is NC(CCCCB(O)O)C1CC(CCc2ccc3c(c2)Cc2ccccc2-3)C1. The number of hydrogen-bond donors (Lipinski definition) is 3. The number of hydrogen-bond acceptors (Lipinski definition) is 3. The van der Waals surface area contributed by atoms with Crippen molar-refractivity contribution in [1.29, 1.82) is 0 Å². The van der Waals surface area contributed by atoms with Crippen LogP contribution in [0.25, 0.3) is 11.1 Å². The van der Waals surface area contributed by atoms with Crippen molar-refractivity contribution in [2.24, 2.45) is 17.6 Å². The van der Waals surface area contributed by atoms with Gasteiger partial charge < -0.3 is 15.8 Å². The van der Waals surface area contributed by atoms with E-state index in [0.717, 1.165) is 31.6 Å². The van der Waals surface area contributed by atoms with Crippen LogP contribution in [0.3, 0.4) is 0 Å². The van der Waals surface area contributed by atoms with Gasteiger partial charge in [-0.3, -0.25) is 0 Å². The van der Waals surface area contributed by atoms with Crippen LogP contribution in [0.15, 0.2) is 42.5 Å². The number of benzene rings is 2. The second kappa shape index (κ2) is 8.81. The van der Waals surface area contributed by atoms with Crippen molar-refractivity contribution >= 4 is 7.12 Å². The molecule has 2 aliphatic rings. The summed E-state index contributed by atoms with van der Waals surface area (Å²) >= 11 is 0. The molecule has 1 unspecified atom stereocenters. The van der Waals surface area contributed by atoms with Crippen LogP contribution in [0, 0.1) is 11.8 Å². The zero-order valence-electron chi connectivity index (χ0n) is 16.7. The fourth-order valence-corrected chi connectivity index (χ4v) is 5.04. The highest BCUT2D eigenvalue weighted by atomic mass is 16.4. The first-order valence-electron chi connectivity index (χ1n) is 10.9. The average Bonchev–Trinajstić information content (AvgIpc) is 3.01. The summed E-state index contributed by atoms with van der Waals surface area (Å²) in [5, 5.41) is 17.8. The van der Waals surface area contributed by atoms with E-state index in [9.17, 15) is 0 Å². The Balaban J connectivity index is 1.19. The summed E-state index contributed by atoms with van der Waals surface area (Å²) in [7, 11) is -1.17. The molecule has 2 aromatic rings. The van der Waals surface area contributed by atoms with Crippen molar-refractivity contribution in [3.8, 4) is 11.1 Å². The Morgan fingerprint density at radius 1 is 1.00 bits per heavy atom. The minimum absolute atomic E-state index is 0.283. The predicted molar refractivity (Wildman–Crippen MR) is 116 cm³/mol. The summed E-state index contributed by atoms with van der Waals surface area (Å²) in [5.74, 6) is 1.49. The molecule has 2 aromatic carbocycles. The molecule has 2 aliphatic carbocycles. The van der Waals surface area contributed by atoms with Crippen molar-refractivity contribution in [2.75, 3.05) is 0 Å². The van der Waals surface area contributed by atoms with Gasteiger partial charge in [0.2, 0.25) is 0 Å². The van der Waals surface area contributed by atoms with Crippen LogP contribution < -0.4 is 5.73 Å². The van der Waals surface area contributed by atoms with E-state index in [1.165, 1.54) is 53.5 Å². The first kappa shape index (κ1) is 19.7. The molecule has 28 heavy (non-hydrogen) atoms. The molecule has 0 amide bonds. The molecule has 0 aliphatic heterocycles. The maximum Gasteiger partial charge on any atom is 0.451 e. The topological polar surface area (TPSA) is 66.5 Å². The van der Waals surface area contributed by atoms with Gasteiger partial charge in [0.05, 0.1) is 0 Å². The van der Waals surface area contributed by atoms with E-state index in [1.807, 2.05) is 0 Å². The molecule has 4 rings (SSSR count). The lowest BCUT2D eigenvalue weighted by Crippen LogP contribution is -2.39. The maximum absolute atomic E-state index is 8.89. The molecule has 1 fully saturated rings. The lowest BCUT2D eigenvalue weighted by atomic mass is 9.68. The van der Waals surface area contributed by atoms with Crippen LogP contribution in [-0.4, -0.2) is 23.2 Å². The summed E-state index contributed by atoms with van der Waals surface area (Å²) in [6.07, 6.45) is 9.37. The van der Waals surface area contributed by atoms with Gasteiger partial charge in [0.25, 0.3) is 0 Å². The lowest BCUT2D eigenvalue weighted by molar-refractivity contribution is 0.147.